The second-order valence-electron chi connectivity index (χ2n) is 5.04. The molecule has 96 valence electrons. The molecular formula is C13H16ClN3O. The first-order valence-corrected chi connectivity index (χ1v) is 6.76. The Labute approximate surface area is 111 Å². The van der Waals surface area contributed by atoms with E-state index in [4.69, 9.17) is 11.6 Å². The Balaban J connectivity index is 1.58. The van der Waals surface area contributed by atoms with Gasteiger partial charge in [-0.1, -0.05) is 11.6 Å². The number of halogens is 1. The van der Waals surface area contributed by atoms with Crippen molar-refractivity contribution < 1.29 is 4.79 Å². The summed E-state index contributed by atoms with van der Waals surface area (Å²) in [6.45, 7) is 2.07. The van der Waals surface area contributed by atoms with Crippen molar-refractivity contribution in [2.45, 2.75) is 31.3 Å². The molecule has 1 saturated heterocycles. The number of carbonyl (C=O) groups excluding carboxylic acids is 1. The van der Waals surface area contributed by atoms with E-state index < -0.39 is 0 Å². The van der Waals surface area contributed by atoms with Gasteiger partial charge in [-0.05, 0) is 31.4 Å². The van der Waals surface area contributed by atoms with Gasteiger partial charge < -0.3 is 5.32 Å². The molecule has 1 atom stereocenters. The molecule has 0 radical (unpaired) electrons. The zero-order valence-corrected chi connectivity index (χ0v) is 10.9. The minimum Gasteiger partial charge on any atom is -0.347 e. The van der Waals surface area contributed by atoms with Crippen LogP contribution in [-0.4, -0.2) is 41.0 Å². The molecule has 1 N–H and O–H groups in total. The standard InChI is InChI=1S/C13H16ClN3O/c14-9-3-5-15-12(7-9)13(18)16-10-4-6-17(8-10)11-1-2-11/h3,5,7,10-11H,1-2,4,6,8H2,(H,16,18). The van der Waals surface area contributed by atoms with Gasteiger partial charge in [-0.2, -0.15) is 0 Å². The van der Waals surface area contributed by atoms with Gasteiger partial charge in [0.05, 0.1) is 0 Å². The Bertz CT molecular complexity index is 461. The fraction of sp³-hybridized carbons (Fsp3) is 0.538. The van der Waals surface area contributed by atoms with Crippen molar-refractivity contribution in [1.29, 1.82) is 0 Å². The summed E-state index contributed by atoms with van der Waals surface area (Å²) >= 11 is 5.85. The van der Waals surface area contributed by atoms with Crippen molar-refractivity contribution >= 4 is 17.5 Å². The maximum Gasteiger partial charge on any atom is 0.270 e. The number of rotatable bonds is 3. The van der Waals surface area contributed by atoms with Gasteiger partial charge in [0, 0.05) is 36.4 Å². The minimum atomic E-state index is -0.125. The molecule has 1 aliphatic heterocycles. The molecule has 1 aromatic rings. The summed E-state index contributed by atoms with van der Waals surface area (Å²) in [5.74, 6) is -0.125. The van der Waals surface area contributed by atoms with Crippen LogP contribution in [0.5, 0.6) is 0 Å². The van der Waals surface area contributed by atoms with Gasteiger partial charge in [-0.25, -0.2) is 0 Å². The van der Waals surface area contributed by atoms with E-state index in [1.165, 1.54) is 12.8 Å². The Morgan fingerprint density at radius 2 is 2.28 bits per heavy atom. The van der Waals surface area contributed by atoms with Crippen molar-refractivity contribution in [3.8, 4) is 0 Å². The third kappa shape index (κ3) is 2.65. The topological polar surface area (TPSA) is 45.2 Å². The normalized spacial score (nSPS) is 24.2. The maximum absolute atomic E-state index is 12.0. The van der Waals surface area contributed by atoms with Crippen molar-refractivity contribution in [3.05, 3.63) is 29.0 Å². The summed E-state index contributed by atoms with van der Waals surface area (Å²) in [6, 6.07) is 4.29. The smallest absolute Gasteiger partial charge is 0.270 e. The maximum atomic E-state index is 12.0. The average molecular weight is 266 g/mol. The lowest BCUT2D eigenvalue weighted by atomic mass is 10.2. The van der Waals surface area contributed by atoms with E-state index in [9.17, 15) is 4.79 Å². The van der Waals surface area contributed by atoms with Crippen molar-refractivity contribution in [2.24, 2.45) is 0 Å². The highest BCUT2D eigenvalue weighted by Crippen LogP contribution is 2.29. The van der Waals surface area contributed by atoms with Crippen LogP contribution in [-0.2, 0) is 0 Å². The molecule has 1 unspecified atom stereocenters. The number of nitrogens with zero attached hydrogens (tertiary/aromatic N) is 2. The summed E-state index contributed by atoms with van der Waals surface area (Å²) in [5.41, 5.74) is 0.396. The predicted molar refractivity (Wildman–Crippen MR) is 69.7 cm³/mol. The summed E-state index contributed by atoms with van der Waals surface area (Å²) in [4.78, 5) is 18.5. The van der Waals surface area contributed by atoms with Gasteiger partial charge in [-0.3, -0.25) is 14.7 Å². The zero-order valence-electron chi connectivity index (χ0n) is 10.1. The molecule has 2 heterocycles. The summed E-state index contributed by atoms with van der Waals surface area (Å²) in [6.07, 6.45) is 5.22. The van der Waals surface area contributed by atoms with E-state index in [1.807, 2.05) is 0 Å². The molecule has 4 nitrogen and oxygen atoms in total. The first kappa shape index (κ1) is 11.9. The first-order valence-electron chi connectivity index (χ1n) is 6.39. The zero-order chi connectivity index (χ0) is 12.5. The highest BCUT2D eigenvalue weighted by molar-refractivity contribution is 6.30. The molecular weight excluding hydrogens is 250 g/mol. The van der Waals surface area contributed by atoms with Crippen molar-refractivity contribution in [1.82, 2.24) is 15.2 Å². The van der Waals surface area contributed by atoms with E-state index >= 15 is 0 Å². The molecule has 5 heteroatoms. The van der Waals surface area contributed by atoms with Crippen molar-refractivity contribution in [3.63, 3.8) is 0 Å². The Hall–Kier alpha value is -1.13. The SMILES string of the molecule is O=C(NC1CCN(C2CC2)C1)c1cc(Cl)ccn1. The van der Waals surface area contributed by atoms with E-state index in [0.29, 0.717) is 10.7 Å². The number of hydrogen-bond donors (Lipinski definition) is 1. The Morgan fingerprint density at radius 3 is 3.00 bits per heavy atom. The quantitative estimate of drug-likeness (QED) is 0.905. The Morgan fingerprint density at radius 1 is 1.44 bits per heavy atom. The van der Waals surface area contributed by atoms with Crippen molar-refractivity contribution in [2.75, 3.05) is 13.1 Å². The number of carbonyl (C=O) groups is 1. The highest BCUT2D eigenvalue weighted by Gasteiger charge is 2.34. The fourth-order valence-corrected chi connectivity index (χ4v) is 2.62. The third-order valence-electron chi connectivity index (χ3n) is 3.57. The van der Waals surface area contributed by atoms with E-state index in [1.54, 1.807) is 18.3 Å². The van der Waals surface area contributed by atoms with Crippen LogP contribution < -0.4 is 5.32 Å². The lowest BCUT2D eigenvalue weighted by Gasteiger charge is -2.15. The summed E-state index contributed by atoms with van der Waals surface area (Å²) in [5, 5.41) is 3.58. The van der Waals surface area contributed by atoms with Crippen LogP contribution in [0.15, 0.2) is 18.3 Å². The first-order chi connectivity index (χ1) is 8.72. The lowest BCUT2D eigenvalue weighted by molar-refractivity contribution is 0.0932. The molecule has 1 aromatic heterocycles. The second kappa shape index (κ2) is 4.86. The van der Waals surface area contributed by atoms with Crippen LogP contribution in [0.4, 0.5) is 0 Å². The molecule has 0 bridgehead atoms. The molecule has 2 fully saturated rings. The molecule has 1 amide bonds. The van der Waals surface area contributed by atoms with Crippen LogP contribution in [0.25, 0.3) is 0 Å². The van der Waals surface area contributed by atoms with Gasteiger partial charge in [0.15, 0.2) is 0 Å². The number of hydrogen-bond acceptors (Lipinski definition) is 3. The monoisotopic (exact) mass is 265 g/mol. The summed E-state index contributed by atoms with van der Waals surface area (Å²) < 4.78 is 0. The molecule has 1 saturated carbocycles. The number of aromatic nitrogens is 1. The number of pyridine rings is 1. The van der Waals surface area contributed by atoms with Gasteiger partial charge in [-0.15, -0.1) is 0 Å². The van der Waals surface area contributed by atoms with Crippen LogP contribution in [0.2, 0.25) is 5.02 Å². The molecule has 1 aliphatic carbocycles. The number of nitrogens with one attached hydrogen (secondary N) is 1. The van der Waals surface area contributed by atoms with E-state index in [-0.39, 0.29) is 11.9 Å². The fourth-order valence-electron chi connectivity index (χ4n) is 2.46. The highest BCUT2D eigenvalue weighted by atomic mass is 35.5. The molecule has 0 aromatic carbocycles. The second-order valence-corrected chi connectivity index (χ2v) is 5.48. The third-order valence-corrected chi connectivity index (χ3v) is 3.81. The molecule has 0 spiro atoms. The van der Waals surface area contributed by atoms with Crippen LogP contribution >= 0.6 is 11.6 Å². The number of likely N-dealkylation sites (tertiary alicyclic amines) is 1. The minimum absolute atomic E-state index is 0.125. The summed E-state index contributed by atoms with van der Waals surface area (Å²) in [7, 11) is 0. The van der Waals surface area contributed by atoms with Gasteiger partial charge in [0.1, 0.15) is 5.69 Å². The largest absolute Gasteiger partial charge is 0.347 e. The van der Waals surface area contributed by atoms with Crippen LogP contribution in [0.1, 0.15) is 29.8 Å². The average Bonchev–Trinajstić information content (AvgIpc) is 3.11. The van der Waals surface area contributed by atoms with Crippen LogP contribution in [0, 0.1) is 0 Å². The molecule has 2 aliphatic rings. The predicted octanol–water partition coefficient (Wildman–Crippen LogP) is 1.70. The van der Waals surface area contributed by atoms with Gasteiger partial charge >= 0.3 is 0 Å². The van der Waals surface area contributed by atoms with Gasteiger partial charge in [0.2, 0.25) is 0 Å². The number of amides is 1. The molecule has 18 heavy (non-hydrogen) atoms. The van der Waals surface area contributed by atoms with Crippen LogP contribution in [0.3, 0.4) is 0 Å². The van der Waals surface area contributed by atoms with E-state index in [0.717, 1.165) is 25.6 Å². The Kier molecular flexibility index (Phi) is 3.22. The van der Waals surface area contributed by atoms with Gasteiger partial charge in [0.25, 0.3) is 5.91 Å². The van der Waals surface area contributed by atoms with E-state index in [2.05, 4.69) is 15.2 Å². The molecule has 3 rings (SSSR count). The lowest BCUT2D eigenvalue weighted by Crippen LogP contribution is -2.37.